The summed E-state index contributed by atoms with van der Waals surface area (Å²) in [5, 5.41) is 8.02. The first kappa shape index (κ1) is 12.2. The van der Waals surface area contributed by atoms with Gasteiger partial charge in [0.15, 0.2) is 5.82 Å². The first-order chi connectivity index (χ1) is 8.26. The van der Waals surface area contributed by atoms with Crippen molar-refractivity contribution in [3.63, 3.8) is 0 Å². The van der Waals surface area contributed by atoms with Crippen LogP contribution in [0.2, 0.25) is 0 Å². The maximum absolute atomic E-state index is 5.38. The van der Waals surface area contributed by atoms with Gasteiger partial charge in [0.25, 0.3) is 0 Å². The minimum Gasteiger partial charge on any atom is -0.361 e. The van der Waals surface area contributed by atoms with Crippen LogP contribution in [0.1, 0.15) is 19.6 Å². The van der Waals surface area contributed by atoms with Crippen LogP contribution in [-0.2, 0) is 4.74 Å². The van der Waals surface area contributed by atoms with Crippen LogP contribution >= 0.6 is 15.9 Å². The maximum Gasteiger partial charge on any atom is 0.184 e. The average molecular weight is 297 g/mol. The van der Waals surface area contributed by atoms with Crippen molar-refractivity contribution >= 4 is 15.9 Å². The molecule has 0 saturated carbocycles. The lowest BCUT2D eigenvalue weighted by Gasteiger charge is -2.16. The fraction of sp³-hybridized carbons (Fsp3) is 0.364. The molecule has 2 heterocycles. The Morgan fingerprint density at radius 3 is 2.94 bits per heavy atom. The molecule has 17 heavy (non-hydrogen) atoms. The molecule has 90 valence electrons. The minimum absolute atomic E-state index is 0.0687. The number of hydrogen-bond acceptors (Lipinski definition) is 4. The number of pyridine rings is 1. The highest BCUT2D eigenvalue weighted by atomic mass is 79.9. The van der Waals surface area contributed by atoms with Gasteiger partial charge in [-0.15, -0.1) is 10.2 Å². The zero-order valence-corrected chi connectivity index (χ0v) is 11.3. The smallest absolute Gasteiger partial charge is 0.184 e. The van der Waals surface area contributed by atoms with Crippen LogP contribution in [0.3, 0.4) is 0 Å². The molecule has 6 heteroatoms. The van der Waals surface area contributed by atoms with E-state index in [1.165, 1.54) is 0 Å². The lowest BCUT2D eigenvalue weighted by atomic mass is 10.3. The number of ether oxygens (including phenoxy) is 1. The molecule has 0 aliphatic carbocycles. The third kappa shape index (κ3) is 2.53. The molecule has 0 radical (unpaired) electrons. The van der Waals surface area contributed by atoms with Crippen LogP contribution in [0.25, 0.3) is 11.5 Å². The molecular weight excluding hydrogens is 284 g/mol. The molecule has 2 aromatic heterocycles. The fourth-order valence-electron chi connectivity index (χ4n) is 1.65. The predicted molar refractivity (Wildman–Crippen MR) is 67.3 cm³/mol. The Morgan fingerprint density at radius 2 is 2.29 bits per heavy atom. The third-order valence-corrected chi connectivity index (χ3v) is 2.89. The van der Waals surface area contributed by atoms with Gasteiger partial charge in [-0.2, -0.15) is 0 Å². The Labute approximate surface area is 108 Å². The van der Waals surface area contributed by atoms with E-state index in [4.69, 9.17) is 4.74 Å². The molecule has 0 saturated heterocycles. The van der Waals surface area contributed by atoms with Gasteiger partial charge in [-0.3, -0.25) is 4.57 Å². The van der Waals surface area contributed by atoms with Crippen molar-refractivity contribution < 1.29 is 4.74 Å². The van der Waals surface area contributed by atoms with E-state index in [0.717, 1.165) is 16.7 Å². The Morgan fingerprint density at radius 1 is 1.47 bits per heavy atom. The zero-order valence-electron chi connectivity index (χ0n) is 9.67. The molecule has 2 rings (SSSR count). The SMILES string of the molecule is CCC(OC)n1cnnc1-c1cccc(Br)n1. The highest BCUT2D eigenvalue weighted by Crippen LogP contribution is 2.22. The van der Waals surface area contributed by atoms with Gasteiger partial charge in [0, 0.05) is 7.11 Å². The molecular formula is C11H13BrN4O. The van der Waals surface area contributed by atoms with Crippen LogP contribution in [0.15, 0.2) is 29.1 Å². The topological polar surface area (TPSA) is 52.8 Å². The van der Waals surface area contributed by atoms with E-state index >= 15 is 0 Å². The fourth-order valence-corrected chi connectivity index (χ4v) is 1.99. The number of aromatic nitrogens is 4. The minimum atomic E-state index is -0.0687. The zero-order chi connectivity index (χ0) is 12.3. The summed E-state index contributed by atoms with van der Waals surface area (Å²) in [6, 6.07) is 5.69. The summed E-state index contributed by atoms with van der Waals surface area (Å²) >= 11 is 3.34. The van der Waals surface area contributed by atoms with E-state index in [-0.39, 0.29) is 6.23 Å². The molecule has 0 N–H and O–H groups in total. The van der Waals surface area contributed by atoms with E-state index in [0.29, 0.717) is 5.82 Å². The van der Waals surface area contributed by atoms with E-state index in [1.54, 1.807) is 13.4 Å². The second-order valence-corrected chi connectivity index (χ2v) is 4.32. The summed E-state index contributed by atoms with van der Waals surface area (Å²) in [7, 11) is 1.67. The number of nitrogens with zero attached hydrogens (tertiary/aromatic N) is 4. The van der Waals surface area contributed by atoms with Gasteiger partial charge in [0.2, 0.25) is 0 Å². The third-order valence-electron chi connectivity index (χ3n) is 2.45. The lowest BCUT2D eigenvalue weighted by molar-refractivity contribution is 0.0420. The first-order valence-electron chi connectivity index (χ1n) is 5.31. The molecule has 1 atom stereocenters. The average Bonchev–Trinajstić information content (AvgIpc) is 2.80. The molecule has 0 bridgehead atoms. The first-order valence-corrected chi connectivity index (χ1v) is 6.10. The second kappa shape index (κ2) is 5.37. The molecule has 5 nitrogen and oxygen atoms in total. The Kier molecular flexibility index (Phi) is 3.86. The van der Waals surface area contributed by atoms with Crippen LogP contribution in [0.4, 0.5) is 0 Å². The summed E-state index contributed by atoms with van der Waals surface area (Å²) in [6.07, 6.45) is 2.44. The second-order valence-electron chi connectivity index (χ2n) is 3.51. The Hall–Kier alpha value is -1.27. The maximum atomic E-state index is 5.38. The summed E-state index contributed by atoms with van der Waals surface area (Å²) in [5.41, 5.74) is 0.771. The van der Waals surface area contributed by atoms with Crippen molar-refractivity contribution in [2.24, 2.45) is 0 Å². The number of rotatable bonds is 4. The molecule has 0 fully saturated rings. The standard InChI is InChI=1S/C11H13BrN4O/c1-3-10(17-2)16-7-13-15-11(16)8-5-4-6-9(12)14-8/h4-7,10H,3H2,1-2H3. The van der Waals surface area contributed by atoms with Crippen molar-refractivity contribution in [2.75, 3.05) is 7.11 Å². The van der Waals surface area contributed by atoms with Gasteiger partial charge in [-0.1, -0.05) is 13.0 Å². The highest BCUT2D eigenvalue weighted by Gasteiger charge is 2.15. The van der Waals surface area contributed by atoms with Gasteiger partial charge < -0.3 is 4.74 Å². The van der Waals surface area contributed by atoms with Gasteiger partial charge in [0.1, 0.15) is 22.9 Å². The molecule has 0 amide bonds. The molecule has 0 aromatic carbocycles. The van der Waals surface area contributed by atoms with Gasteiger partial charge >= 0.3 is 0 Å². The van der Waals surface area contributed by atoms with E-state index in [1.807, 2.05) is 29.7 Å². The lowest BCUT2D eigenvalue weighted by Crippen LogP contribution is -2.11. The van der Waals surface area contributed by atoms with Gasteiger partial charge in [0.05, 0.1) is 0 Å². The summed E-state index contributed by atoms with van der Waals surface area (Å²) in [5.74, 6) is 0.708. The largest absolute Gasteiger partial charge is 0.361 e. The normalized spacial score (nSPS) is 12.6. The predicted octanol–water partition coefficient (Wildman–Crippen LogP) is 2.66. The molecule has 0 spiro atoms. The van der Waals surface area contributed by atoms with Gasteiger partial charge in [-0.25, -0.2) is 4.98 Å². The Balaban J connectivity index is 2.43. The summed E-state index contributed by atoms with van der Waals surface area (Å²) in [4.78, 5) is 4.37. The van der Waals surface area contributed by atoms with Crippen LogP contribution in [0.5, 0.6) is 0 Å². The number of methoxy groups -OCH3 is 1. The highest BCUT2D eigenvalue weighted by molar-refractivity contribution is 9.10. The molecule has 1 unspecified atom stereocenters. The quantitative estimate of drug-likeness (QED) is 0.814. The van der Waals surface area contributed by atoms with Crippen LogP contribution in [0, 0.1) is 0 Å². The number of halogens is 1. The Bertz CT molecular complexity index is 496. The van der Waals surface area contributed by atoms with E-state index < -0.39 is 0 Å². The van der Waals surface area contributed by atoms with Crippen molar-refractivity contribution in [1.82, 2.24) is 19.7 Å². The van der Waals surface area contributed by atoms with Crippen molar-refractivity contribution in [3.05, 3.63) is 29.1 Å². The summed E-state index contributed by atoms with van der Waals surface area (Å²) in [6.45, 7) is 2.05. The summed E-state index contributed by atoms with van der Waals surface area (Å²) < 4.78 is 8.04. The molecule has 0 aliphatic heterocycles. The van der Waals surface area contributed by atoms with Crippen molar-refractivity contribution in [3.8, 4) is 11.5 Å². The van der Waals surface area contributed by atoms with Gasteiger partial charge in [-0.05, 0) is 34.5 Å². The van der Waals surface area contributed by atoms with Crippen LogP contribution < -0.4 is 0 Å². The molecule has 2 aromatic rings. The van der Waals surface area contributed by atoms with Crippen molar-refractivity contribution in [2.45, 2.75) is 19.6 Å². The number of hydrogen-bond donors (Lipinski definition) is 0. The molecule has 0 aliphatic rings. The van der Waals surface area contributed by atoms with E-state index in [9.17, 15) is 0 Å². The monoisotopic (exact) mass is 296 g/mol. The van der Waals surface area contributed by atoms with Crippen molar-refractivity contribution in [1.29, 1.82) is 0 Å². The van der Waals surface area contributed by atoms with Crippen LogP contribution in [-0.4, -0.2) is 26.9 Å². The van der Waals surface area contributed by atoms with E-state index in [2.05, 4.69) is 31.1 Å².